The molecule has 0 saturated heterocycles. The van der Waals surface area contributed by atoms with E-state index in [1.807, 2.05) is 16.8 Å². The van der Waals surface area contributed by atoms with E-state index in [1.165, 1.54) is 6.07 Å². The molecule has 2 aromatic rings. The molecular weight excluding hydrogens is 244 g/mol. The normalized spacial score (nSPS) is 10.4. The topological polar surface area (TPSA) is 73.0 Å². The second kappa shape index (κ2) is 5.99. The Balaban J connectivity index is 1.89. The number of benzene rings is 1. The maximum Gasteiger partial charge on any atom is 0.274 e. The van der Waals surface area contributed by atoms with Crippen molar-refractivity contribution in [2.24, 2.45) is 0 Å². The van der Waals surface area contributed by atoms with Gasteiger partial charge in [0.1, 0.15) is 0 Å². The molecule has 0 aliphatic rings. The molecule has 100 valence electrons. The number of nitrogens with one attached hydrogen (secondary N) is 1. The molecule has 2 rings (SSSR count). The van der Waals surface area contributed by atoms with E-state index >= 15 is 0 Å². The Morgan fingerprint density at radius 3 is 3.00 bits per heavy atom. The van der Waals surface area contributed by atoms with Crippen LogP contribution in [-0.2, 0) is 6.54 Å². The number of hydrogen-bond donors (Lipinski definition) is 1. The van der Waals surface area contributed by atoms with E-state index in [4.69, 9.17) is 0 Å². The summed E-state index contributed by atoms with van der Waals surface area (Å²) < 4.78 is 2.00. The molecule has 6 nitrogen and oxygen atoms in total. The molecule has 0 radical (unpaired) electrons. The maximum absolute atomic E-state index is 10.8. The van der Waals surface area contributed by atoms with Gasteiger partial charge in [0, 0.05) is 42.8 Å². The van der Waals surface area contributed by atoms with Gasteiger partial charge in [-0.05, 0) is 19.4 Å². The predicted octanol–water partition coefficient (Wildman–Crippen LogP) is 2.60. The van der Waals surface area contributed by atoms with E-state index in [0.717, 1.165) is 25.2 Å². The van der Waals surface area contributed by atoms with Gasteiger partial charge in [-0.3, -0.25) is 10.1 Å². The van der Waals surface area contributed by atoms with Gasteiger partial charge in [0.15, 0.2) is 0 Å². The average Bonchev–Trinajstić information content (AvgIpc) is 2.89. The zero-order valence-corrected chi connectivity index (χ0v) is 10.7. The van der Waals surface area contributed by atoms with Crippen molar-refractivity contribution in [3.8, 4) is 0 Å². The van der Waals surface area contributed by atoms with Crippen LogP contribution >= 0.6 is 0 Å². The van der Waals surface area contributed by atoms with Gasteiger partial charge in [-0.1, -0.05) is 6.07 Å². The first-order valence-corrected chi connectivity index (χ1v) is 6.12. The summed E-state index contributed by atoms with van der Waals surface area (Å²) in [6.45, 7) is 3.40. The number of nitro groups is 1. The van der Waals surface area contributed by atoms with Gasteiger partial charge in [0.2, 0.25) is 0 Å². The summed E-state index contributed by atoms with van der Waals surface area (Å²) in [5.41, 5.74) is 1.65. The minimum Gasteiger partial charge on any atom is -0.385 e. The summed E-state index contributed by atoms with van der Waals surface area (Å²) in [5.74, 6) is 0. The number of anilines is 1. The third-order valence-electron chi connectivity index (χ3n) is 2.97. The van der Waals surface area contributed by atoms with Crippen molar-refractivity contribution in [1.29, 1.82) is 0 Å². The standard InChI is InChI=1S/C13H16N4O2/c1-11-12(4-2-5-13(11)17(18)19)15-6-3-8-16-9-7-14-10-16/h2,4-5,7,9-10,15H,3,6,8H2,1H3. The number of nitro benzene ring substituents is 1. The van der Waals surface area contributed by atoms with Crippen LogP contribution in [0.4, 0.5) is 11.4 Å². The van der Waals surface area contributed by atoms with Crippen molar-refractivity contribution in [3.05, 3.63) is 52.6 Å². The second-order valence-corrected chi connectivity index (χ2v) is 4.29. The molecule has 0 saturated carbocycles. The lowest BCUT2D eigenvalue weighted by Gasteiger charge is -2.09. The molecule has 0 atom stereocenters. The molecule has 0 amide bonds. The van der Waals surface area contributed by atoms with Crippen LogP contribution in [0, 0.1) is 17.0 Å². The number of hydrogen-bond acceptors (Lipinski definition) is 4. The minimum absolute atomic E-state index is 0.152. The van der Waals surface area contributed by atoms with Crippen molar-refractivity contribution in [2.45, 2.75) is 19.9 Å². The predicted molar refractivity (Wildman–Crippen MR) is 73.2 cm³/mol. The van der Waals surface area contributed by atoms with Crippen molar-refractivity contribution in [1.82, 2.24) is 9.55 Å². The van der Waals surface area contributed by atoms with E-state index in [1.54, 1.807) is 25.5 Å². The fourth-order valence-corrected chi connectivity index (χ4v) is 1.92. The van der Waals surface area contributed by atoms with Crippen LogP contribution in [0.2, 0.25) is 0 Å². The van der Waals surface area contributed by atoms with E-state index in [-0.39, 0.29) is 10.6 Å². The van der Waals surface area contributed by atoms with Crippen LogP contribution in [0.1, 0.15) is 12.0 Å². The molecule has 0 aliphatic heterocycles. The largest absolute Gasteiger partial charge is 0.385 e. The van der Waals surface area contributed by atoms with Crippen molar-refractivity contribution >= 4 is 11.4 Å². The number of nitrogens with zero attached hydrogens (tertiary/aromatic N) is 3. The molecule has 0 spiro atoms. The van der Waals surface area contributed by atoms with Gasteiger partial charge in [-0.15, -0.1) is 0 Å². The lowest BCUT2D eigenvalue weighted by Crippen LogP contribution is -2.07. The summed E-state index contributed by atoms with van der Waals surface area (Å²) in [6.07, 6.45) is 6.37. The molecule has 0 unspecified atom stereocenters. The number of imidazole rings is 1. The molecular formula is C13H16N4O2. The van der Waals surface area contributed by atoms with Gasteiger partial charge < -0.3 is 9.88 Å². The zero-order chi connectivity index (χ0) is 13.7. The summed E-state index contributed by atoms with van der Waals surface area (Å²) >= 11 is 0. The highest BCUT2D eigenvalue weighted by Crippen LogP contribution is 2.24. The second-order valence-electron chi connectivity index (χ2n) is 4.29. The summed E-state index contributed by atoms with van der Waals surface area (Å²) in [7, 11) is 0. The van der Waals surface area contributed by atoms with Crippen LogP contribution in [-0.4, -0.2) is 21.0 Å². The molecule has 1 heterocycles. The van der Waals surface area contributed by atoms with E-state index in [0.29, 0.717) is 5.56 Å². The fourth-order valence-electron chi connectivity index (χ4n) is 1.92. The number of rotatable bonds is 6. The Kier molecular flexibility index (Phi) is 4.12. The van der Waals surface area contributed by atoms with Crippen LogP contribution in [0.3, 0.4) is 0 Å². The third-order valence-corrected chi connectivity index (χ3v) is 2.97. The van der Waals surface area contributed by atoms with Gasteiger partial charge in [-0.25, -0.2) is 4.98 Å². The van der Waals surface area contributed by atoms with Crippen molar-refractivity contribution in [3.63, 3.8) is 0 Å². The first-order chi connectivity index (χ1) is 9.18. The Hall–Kier alpha value is -2.37. The Morgan fingerprint density at radius 1 is 1.47 bits per heavy atom. The zero-order valence-electron chi connectivity index (χ0n) is 10.7. The van der Waals surface area contributed by atoms with Gasteiger partial charge in [0.25, 0.3) is 5.69 Å². The Labute approximate surface area is 111 Å². The highest BCUT2D eigenvalue weighted by atomic mass is 16.6. The fraction of sp³-hybridized carbons (Fsp3) is 0.308. The molecule has 0 fully saturated rings. The quantitative estimate of drug-likeness (QED) is 0.492. The molecule has 19 heavy (non-hydrogen) atoms. The maximum atomic E-state index is 10.8. The van der Waals surface area contributed by atoms with Gasteiger partial charge in [-0.2, -0.15) is 0 Å². The van der Waals surface area contributed by atoms with Crippen LogP contribution in [0.15, 0.2) is 36.9 Å². The first-order valence-electron chi connectivity index (χ1n) is 6.12. The highest BCUT2D eigenvalue weighted by Gasteiger charge is 2.12. The molecule has 1 aromatic carbocycles. The number of aryl methyl sites for hydroxylation is 1. The molecule has 0 bridgehead atoms. The average molecular weight is 260 g/mol. The van der Waals surface area contributed by atoms with Gasteiger partial charge in [0.05, 0.1) is 11.3 Å². The Morgan fingerprint density at radius 2 is 2.32 bits per heavy atom. The summed E-state index contributed by atoms with van der Waals surface area (Å²) in [4.78, 5) is 14.4. The molecule has 1 aromatic heterocycles. The number of aromatic nitrogens is 2. The third kappa shape index (κ3) is 3.31. The van der Waals surface area contributed by atoms with E-state index in [2.05, 4.69) is 10.3 Å². The lowest BCUT2D eigenvalue weighted by molar-refractivity contribution is -0.385. The van der Waals surface area contributed by atoms with Gasteiger partial charge >= 0.3 is 0 Å². The minimum atomic E-state index is -0.355. The highest BCUT2D eigenvalue weighted by molar-refractivity contribution is 5.59. The van der Waals surface area contributed by atoms with Crippen molar-refractivity contribution in [2.75, 3.05) is 11.9 Å². The van der Waals surface area contributed by atoms with Crippen LogP contribution < -0.4 is 5.32 Å². The molecule has 6 heteroatoms. The van der Waals surface area contributed by atoms with E-state index in [9.17, 15) is 10.1 Å². The first kappa shape index (κ1) is 13.1. The van der Waals surface area contributed by atoms with Crippen LogP contribution in [0.5, 0.6) is 0 Å². The SMILES string of the molecule is Cc1c(NCCCn2ccnc2)cccc1[N+](=O)[O-]. The summed E-state index contributed by atoms with van der Waals surface area (Å²) in [5, 5.41) is 14.1. The van der Waals surface area contributed by atoms with Crippen LogP contribution in [0.25, 0.3) is 0 Å². The Bertz CT molecular complexity index is 552. The molecule has 1 N–H and O–H groups in total. The summed E-state index contributed by atoms with van der Waals surface area (Å²) in [6, 6.07) is 5.08. The monoisotopic (exact) mass is 260 g/mol. The van der Waals surface area contributed by atoms with E-state index < -0.39 is 0 Å². The lowest BCUT2D eigenvalue weighted by atomic mass is 10.1. The molecule has 0 aliphatic carbocycles. The van der Waals surface area contributed by atoms with Crippen molar-refractivity contribution < 1.29 is 4.92 Å². The smallest absolute Gasteiger partial charge is 0.274 e.